The Balaban J connectivity index is 1.61. The molecule has 0 aliphatic carbocycles. The average Bonchev–Trinajstić information content (AvgIpc) is 2.94. The molecule has 0 radical (unpaired) electrons. The highest BCUT2D eigenvalue weighted by Crippen LogP contribution is 2.28. The maximum atomic E-state index is 13.8. The van der Waals surface area contributed by atoms with Crippen LogP contribution in [0.25, 0.3) is 11.3 Å². The van der Waals surface area contributed by atoms with Gasteiger partial charge in [-0.15, -0.1) is 0 Å². The molecule has 3 rings (SSSR count). The van der Waals surface area contributed by atoms with Gasteiger partial charge in [0.25, 0.3) is 0 Å². The highest BCUT2D eigenvalue weighted by Gasteiger charge is 2.22. The van der Waals surface area contributed by atoms with Crippen molar-refractivity contribution in [2.75, 3.05) is 26.7 Å². The van der Waals surface area contributed by atoms with Crippen LogP contribution in [0.1, 0.15) is 30.6 Å². The first kappa shape index (κ1) is 19.6. The molecule has 2 heterocycles. The summed E-state index contributed by atoms with van der Waals surface area (Å²) in [6.07, 6.45) is 2.98. The quantitative estimate of drug-likeness (QED) is 0.834. The summed E-state index contributed by atoms with van der Waals surface area (Å²) in [6, 6.07) is 9.18. The molecule has 1 aliphatic rings. The van der Waals surface area contributed by atoms with Crippen molar-refractivity contribution >= 4 is 5.97 Å². The number of aliphatic carboxylic acids is 1. The number of carbonyl (C=O) groups is 1. The Morgan fingerprint density at radius 1 is 1.30 bits per heavy atom. The standard InChI is InChI=1S/C21H27FN2O3/c1-15-18(6-3-7-19(15)22)20-9-8-17(27-20)13-24-11-4-5-16(10-12-24)23(2)14-21(25)26/h3,6-9,16H,4-5,10-14H2,1-2H3,(H,25,26). The summed E-state index contributed by atoms with van der Waals surface area (Å²) in [5.41, 5.74) is 1.38. The third-order valence-corrected chi connectivity index (χ3v) is 5.37. The molecule has 1 aliphatic heterocycles. The summed E-state index contributed by atoms with van der Waals surface area (Å²) in [5.74, 6) is 0.547. The van der Waals surface area contributed by atoms with Crippen LogP contribution in [0.4, 0.5) is 4.39 Å². The zero-order valence-electron chi connectivity index (χ0n) is 15.9. The molecule has 5 nitrogen and oxygen atoms in total. The van der Waals surface area contributed by atoms with E-state index in [1.54, 1.807) is 13.0 Å². The summed E-state index contributed by atoms with van der Waals surface area (Å²) in [7, 11) is 1.88. The minimum Gasteiger partial charge on any atom is -0.480 e. The van der Waals surface area contributed by atoms with E-state index in [9.17, 15) is 9.18 Å². The molecule has 2 aromatic rings. The number of rotatable bonds is 6. The largest absolute Gasteiger partial charge is 0.480 e. The van der Waals surface area contributed by atoms with Gasteiger partial charge in [-0.25, -0.2) is 4.39 Å². The van der Waals surface area contributed by atoms with Gasteiger partial charge in [-0.05, 0) is 63.5 Å². The van der Waals surface area contributed by atoms with Crippen LogP contribution in [-0.4, -0.2) is 53.6 Å². The van der Waals surface area contributed by atoms with E-state index in [0.29, 0.717) is 23.9 Å². The lowest BCUT2D eigenvalue weighted by atomic mass is 10.1. The van der Waals surface area contributed by atoms with Crippen LogP contribution < -0.4 is 0 Å². The number of likely N-dealkylation sites (N-methyl/N-ethyl adjacent to an activating group) is 1. The average molecular weight is 374 g/mol. The van der Waals surface area contributed by atoms with E-state index >= 15 is 0 Å². The molecule has 0 bridgehead atoms. The third kappa shape index (κ3) is 4.96. The molecule has 6 heteroatoms. The number of carboxylic acid groups (broad SMARTS) is 1. The SMILES string of the molecule is Cc1c(F)cccc1-c1ccc(CN2CCCC(N(C)CC(=O)O)CC2)o1. The number of halogens is 1. The van der Waals surface area contributed by atoms with E-state index in [1.807, 2.05) is 30.1 Å². The van der Waals surface area contributed by atoms with Crippen molar-refractivity contribution < 1.29 is 18.7 Å². The van der Waals surface area contributed by atoms with Crippen LogP contribution in [-0.2, 0) is 11.3 Å². The lowest BCUT2D eigenvalue weighted by Crippen LogP contribution is -2.36. The van der Waals surface area contributed by atoms with Crippen LogP contribution >= 0.6 is 0 Å². The number of furan rings is 1. The first-order chi connectivity index (χ1) is 12.9. The molecule has 1 aromatic heterocycles. The maximum absolute atomic E-state index is 13.8. The normalized spacial score (nSPS) is 18.6. The number of hydrogen-bond donors (Lipinski definition) is 1. The summed E-state index contributed by atoms with van der Waals surface area (Å²) in [6.45, 7) is 4.43. The third-order valence-electron chi connectivity index (χ3n) is 5.37. The van der Waals surface area contributed by atoms with Gasteiger partial charge < -0.3 is 9.52 Å². The van der Waals surface area contributed by atoms with E-state index in [2.05, 4.69) is 4.90 Å². The molecule has 1 atom stereocenters. The molecule has 1 unspecified atom stereocenters. The Labute approximate surface area is 159 Å². The minimum absolute atomic E-state index is 0.0825. The number of nitrogens with zero attached hydrogens (tertiary/aromatic N) is 2. The van der Waals surface area contributed by atoms with Crippen LogP contribution in [0.2, 0.25) is 0 Å². The Morgan fingerprint density at radius 3 is 2.89 bits per heavy atom. The minimum atomic E-state index is -0.783. The van der Waals surface area contributed by atoms with Crippen molar-refractivity contribution in [1.29, 1.82) is 0 Å². The second kappa shape index (κ2) is 8.67. The van der Waals surface area contributed by atoms with Crippen molar-refractivity contribution in [2.24, 2.45) is 0 Å². The smallest absolute Gasteiger partial charge is 0.317 e. The van der Waals surface area contributed by atoms with Gasteiger partial charge in [-0.1, -0.05) is 12.1 Å². The fourth-order valence-corrected chi connectivity index (χ4v) is 3.78. The monoisotopic (exact) mass is 374 g/mol. The number of likely N-dealkylation sites (tertiary alicyclic amines) is 1. The molecule has 146 valence electrons. The fourth-order valence-electron chi connectivity index (χ4n) is 3.78. The summed E-state index contributed by atoms with van der Waals surface area (Å²) >= 11 is 0. The number of benzene rings is 1. The van der Waals surface area contributed by atoms with Crippen molar-refractivity contribution in [2.45, 2.75) is 38.8 Å². The highest BCUT2D eigenvalue weighted by molar-refractivity contribution is 5.69. The predicted octanol–water partition coefficient (Wildman–Crippen LogP) is 3.77. The Bertz CT molecular complexity index is 789. The zero-order chi connectivity index (χ0) is 19.4. The van der Waals surface area contributed by atoms with Crippen LogP contribution in [0, 0.1) is 12.7 Å². The second-order valence-electron chi connectivity index (χ2n) is 7.35. The van der Waals surface area contributed by atoms with Gasteiger partial charge in [0.2, 0.25) is 0 Å². The zero-order valence-corrected chi connectivity index (χ0v) is 15.9. The lowest BCUT2D eigenvalue weighted by molar-refractivity contribution is -0.138. The summed E-state index contributed by atoms with van der Waals surface area (Å²) in [4.78, 5) is 15.2. The van der Waals surface area contributed by atoms with Crippen molar-refractivity contribution in [3.8, 4) is 11.3 Å². The predicted molar refractivity (Wildman–Crippen MR) is 102 cm³/mol. The molecule has 1 fully saturated rings. The van der Waals surface area contributed by atoms with E-state index < -0.39 is 5.97 Å². The Kier molecular flexibility index (Phi) is 6.29. The molecule has 27 heavy (non-hydrogen) atoms. The fraction of sp³-hybridized carbons (Fsp3) is 0.476. The topological polar surface area (TPSA) is 56.9 Å². The summed E-state index contributed by atoms with van der Waals surface area (Å²) < 4.78 is 19.8. The van der Waals surface area contributed by atoms with Crippen LogP contribution in [0.3, 0.4) is 0 Å². The van der Waals surface area contributed by atoms with Gasteiger partial charge in [-0.2, -0.15) is 0 Å². The first-order valence-corrected chi connectivity index (χ1v) is 9.42. The maximum Gasteiger partial charge on any atom is 0.317 e. The first-order valence-electron chi connectivity index (χ1n) is 9.42. The highest BCUT2D eigenvalue weighted by atomic mass is 19.1. The van der Waals surface area contributed by atoms with Crippen molar-refractivity contribution in [3.05, 3.63) is 47.5 Å². The molecule has 1 aromatic carbocycles. The number of carboxylic acids is 1. The van der Waals surface area contributed by atoms with Crippen molar-refractivity contribution in [3.63, 3.8) is 0 Å². The number of hydrogen-bond acceptors (Lipinski definition) is 4. The van der Waals surface area contributed by atoms with E-state index in [0.717, 1.165) is 43.7 Å². The van der Waals surface area contributed by atoms with Gasteiger partial charge in [0.05, 0.1) is 13.1 Å². The molecule has 0 spiro atoms. The van der Waals surface area contributed by atoms with Gasteiger partial charge in [0.1, 0.15) is 17.3 Å². The van der Waals surface area contributed by atoms with Crippen LogP contribution in [0.5, 0.6) is 0 Å². The molecule has 0 amide bonds. The molecule has 1 N–H and O–H groups in total. The molecule has 1 saturated heterocycles. The van der Waals surface area contributed by atoms with E-state index in [-0.39, 0.29) is 12.4 Å². The van der Waals surface area contributed by atoms with Crippen LogP contribution in [0.15, 0.2) is 34.7 Å². The summed E-state index contributed by atoms with van der Waals surface area (Å²) in [5, 5.41) is 8.98. The van der Waals surface area contributed by atoms with E-state index in [1.165, 1.54) is 6.07 Å². The van der Waals surface area contributed by atoms with E-state index in [4.69, 9.17) is 9.52 Å². The van der Waals surface area contributed by atoms with Gasteiger partial charge in [0, 0.05) is 18.2 Å². The van der Waals surface area contributed by atoms with Gasteiger partial charge in [-0.3, -0.25) is 14.6 Å². The second-order valence-corrected chi connectivity index (χ2v) is 7.35. The molecular weight excluding hydrogens is 347 g/mol. The van der Waals surface area contributed by atoms with Crippen molar-refractivity contribution in [1.82, 2.24) is 9.80 Å². The Morgan fingerprint density at radius 2 is 2.11 bits per heavy atom. The molecule has 0 saturated carbocycles. The van der Waals surface area contributed by atoms with Gasteiger partial charge in [0.15, 0.2) is 0 Å². The molecular formula is C21H27FN2O3. The van der Waals surface area contributed by atoms with Gasteiger partial charge >= 0.3 is 5.97 Å². The Hall–Kier alpha value is -2.18. The lowest BCUT2D eigenvalue weighted by Gasteiger charge is -2.25.